The van der Waals surface area contributed by atoms with Crippen LogP contribution < -0.4 is 10.6 Å². The second kappa shape index (κ2) is 12.7. The third kappa shape index (κ3) is 11.5. The number of aliphatic carboxylic acids is 1. The molecule has 0 bridgehead atoms. The first-order valence-electron chi connectivity index (χ1n) is 7.76. The number of amides is 2. The molecule has 25 heavy (non-hydrogen) atoms. The molecule has 2 amide bonds. The van der Waals surface area contributed by atoms with E-state index < -0.39 is 24.3 Å². The zero-order valence-corrected chi connectivity index (χ0v) is 14.2. The van der Waals surface area contributed by atoms with Gasteiger partial charge in [-0.1, -0.05) is 13.8 Å². The van der Waals surface area contributed by atoms with Crippen LogP contribution in [0.1, 0.15) is 39.5 Å². The highest BCUT2D eigenvalue weighted by Crippen LogP contribution is 2.07. The monoisotopic (exact) mass is 360 g/mol. The molecule has 0 saturated heterocycles. The molecule has 0 aliphatic rings. The van der Waals surface area contributed by atoms with E-state index in [1.807, 2.05) is 13.8 Å². The molecular formula is C15H24N2O8. The molecule has 0 aromatic rings. The summed E-state index contributed by atoms with van der Waals surface area (Å²) >= 11 is 0. The van der Waals surface area contributed by atoms with Gasteiger partial charge < -0.3 is 25.2 Å². The van der Waals surface area contributed by atoms with Crippen molar-refractivity contribution in [1.29, 1.82) is 0 Å². The third-order valence-electron chi connectivity index (χ3n) is 3.03. The Balaban J connectivity index is 4.49. The fraction of sp³-hybridized carbons (Fsp3) is 0.667. The van der Waals surface area contributed by atoms with Gasteiger partial charge in [0.1, 0.15) is 11.8 Å². The van der Waals surface area contributed by atoms with Crippen molar-refractivity contribution in [1.82, 2.24) is 10.6 Å². The molecular weight excluding hydrogens is 336 g/mol. The van der Waals surface area contributed by atoms with E-state index >= 15 is 0 Å². The molecule has 0 spiro atoms. The Bertz CT molecular complexity index is 466. The molecule has 10 heteroatoms. The number of rotatable bonds is 14. The molecule has 0 saturated carbocycles. The van der Waals surface area contributed by atoms with Crippen molar-refractivity contribution in [2.45, 2.75) is 51.8 Å². The van der Waals surface area contributed by atoms with E-state index in [1.165, 1.54) is 0 Å². The van der Waals surface area contributed by atoms with E-state index in [1.54, 1.807) is 0 Å². The zero-order chi connectivity index (χ0) is 19.2. The maximum absolute atomic E-state index is 11.8. The Labute approximate surface area is 145 Å². The highest BCUT2D eigenvalue weighted by Gasteiger charge is 2.23. The number of Topliss-reactive ketones (excluding diaryl/α,β-unsaturated/α-hetero) is 1. The van der Waals surface area contributed by atoms with Crippen molar-refractivity contribution >= 4 is 30.7 Å². The van der Waals surface area contributed by atoms with Crippen molar-refractivity contribution in [3.63, 3.8) is 0 Å². The van der Waals surface area contributed by atoms with Crippen molar-refractivity contribution in [3.8, 4) is 0 Å². The van der Waals surface area contributed by atoms with E-state index in [0.29, 0.717) is 6.42 Å². The smallest absolute Gasteiger partial charge is 0.326 e. The summed E-state index contributed by atoms with van der Waals surface area (Å²) in [7, 11) is 0. The molecule has 0 radical (unpaired) electrons. The van der Waals surface area contributed by atoms with Gasteiger partial charge in [-0.05, 0) is 12.3 Å². The minimum Gasteiger partial charge on any atom is -0.480 e. The molecule has 0 aromatic carbocycles. The summed E-state index contributed by atoms with van der Waals surface area (Å²) in [6.45, 7) is 3.95. The van der Waals surface area contributed by atoms with Crippen LogP contribution in [0.5, 0.6) is 0 Å². The SMILES string of the molecule is CC(C)CC(=O)CC[C@H](NC(=O)N[C@@H](CCOC=O)OC=O)C(=O)O. The standard InChI is InChI=1S/C15H24N2O8/c1-10(2)7-11(20)3-4-12(14(21)22)16-15(23)17-13(25-9-19)5-6-24-8-18/h8-10,12-13H,3-7H2,1-2H3,(H,21,22)(H2,16,17,23)/t12-,13+/m0/s1. The van der Waals surface area contributed by atoms with Crippen LogP contribution in [0, 0.1) is 5.92 Å². The highest BCUT2D eigenvalue weighted by atomic mass is 16.5. The first kappa shape index (κ1) is 22.4. The van der Waals surface area contributed by atoms with Crippen LogP contribution in [-0.4, -0.2) is 54.7 Å². The second-order valence-electron chi connectivity index (χ2n) is 5.66. The summed E-state index contributed by atoms with van der Waals surface area (Å²) in [5.74, 6) is -1.21. The van der Waals surface area contributed by atoms with Crippen LogP contribution in [0.4, 0.5) is 4.79 Å². The number of carbonyl (C=O) groups is 5. The quantitative estimate of drug-likeness (QED) is 0.226. The number of carbonyl (C=O) groups excluding carboxylic acids is 4. The average molecular weight is 360 g/mol. The van der Waals surface area contributed by atoms with Gasteiger partial charge in [0.2, 0.25) is 0 Å². The van der Waals surface area contributed by atoms with E-state index in [9.17, 15) is 24.0 Å². The van der Waals surface area contributed by atoms with E-state index in [4.69, 9.17) is 5.11 Å². The topological polar surface area (TPSA) is 148 Å². The summed E-state index contributed by atoms with van der Waals surface area (Å²) in [5.41, 5.74) is 0. The molecule has 0 rings (SSSR count). The number of urea groups is 1. The predicted octanol–water partition coefficient (Wildman–Crippen LogP) is 0.196. The van der Waals surface area contributed by atoms with E-state index in [-0.39, 0.29) is 50.5 Å². The van der Waals surface area contributed by atoms with Gasteiger partial charge in [0, 0.05) is 19.3 Å². The Morgan fingerprint density at radius 3 is 2.28 bits per heavy atom. The predicted molar refractivity (Wildman–Crippen MR) is 84.4 cm³/mol. The van der Waals surface area contributed by atoms with Crippen LogP contribution in [0.25, 0.3) is 0 Å². The van der Waals surface area contributed by atoms with Crippen molar-refractivity contribution < 1.29 is 38.6 Å². The van der Waals surface area contributed by atoms with Crippen LogP contribution in [0.2, 0.25) is 0 Å². The average Bonchev–Trinajstić information content (AvgIpc) is 2.50. The van der Waals surface area contributed by atoms with E-state index in [0.717, 1.165) is 0 Å². The molecule has 0 unspecified atom stereocenters. The maximum atomic E-state index is 11.8. The van der Waals surface area contributed by atoms with Gasteiger partial charge in [0.05, 0.1) is 6.61 Å². The van der Waals surface area contributed by atoms with Crippen LogP contribution in [-0.2, 0) is 28.7 Å². The number of hydrogen-bond donors (Lipinski definition) is 3. The van der Waals surface area contributed by atoms with E-state index in [2.05, 4.69) is 20.1 Å². The van der Waals surface area contributed by atoms with Gasteiger partial charge in [-0.2, -0.15) is 0 Å². The lowest BCUT2D eigenvalue weighted by Crippen LogP contribution is -2.50. The van der Waals surface area contributed by atoms with Gasteiger partial charge in [-0.25, -0.2) is 9.59 Å². The largest absolute Gasteiger partial charge is 0.480 e. The number of ether oxygens (including phenoxy) is 2. The van der Waals surface area contributed by atoms with Gasteiger partial charge in [-0.15, -0.1) is 0 Å². The summed E-state index contributed by atoms with van der Waals surface area (Å²) in [5, 5.41) is 13.6. The highest BCUT2D eigenvalue weighted by molar-refractivity contribution is 5.84. The van der Waals surface area contributed by atoms with Crippen molar-refractivity contribution in [2.24, 2.45) is 5.92 Å². The molecule has 0 heterocycles. The van der Waals surface area contributed by atoms with Crippen molar-refractivity contribution in [3.05, 3.63) is 0 Å². The molecule has 0 aliphatic carbocycles. The Morgan fingerprint density at radius 2 is 1.76 bits per heavy atom. The van der Waals surface area contributed by atoms with Gasteiger partial charge in [-0.3, -0.25) is 14.4 Å². The molecule has 142 valence electrons. The minimum absolute atomic E-state index is 0.00445. The van der Waals surface area contributed by atoms with Crippen LogP contribution >= 0.6 is 0 Å². The summed E-state index contributed by atoms with van der Waals surface area (Å²) in [6, 6.07) is -2.15. The van der Waals surface area contributed by atoms with Crippen LogP contribution in [0.15, 0.2) is 0 Å². The molecule has 2 atom stereocenters. The first-order chi connectivity index (χ1) is 11.8. The normalized spacial score (nSPS) is 12.6. The lowest BCUT2D eigenvalue weighted by Gasteiger charge is -2.19. The number of hydrogen-bond acceptors (Lipinski definition) is 7. The summed E-state index contributed by atoms with van der Waals surface area (Å²) in [6.07, 6.45) is -0.784. The zero-order valence-electron chi connectivity index (χ0n) is 14.2. The number of nitrogens with one attached hydrogen (secondary N) is 2. The number of carboxylic acids is 1. The molecule has 0 fully saturated rings. The molecule has 10 nitrogen and oxygen atoms in total. The Kier molecular flexibility index (Phi) is 11.4. The number of ketones is 1. The molecule has 0 aromatic heterocycles. The van der Waals surface area contributed by atoms with Gasteiger partial charge >= 0.3 is 12.0 Å². The summed E-state index contributed by atoms with van der Waals surface area (Å²) in [4.78, 5) is 55.1. The Hall–Kier alpha value is -2.65. The third-order valence-corrected chi connectivity index (χ3v) is 3.03. The minimum atomic E-state index is -1.29. The summed E-state index contributed by atoms with van der Waals surface area (Å²) < 4.78 is 9.02. The van der Waals surface area contributed by atoms with Gasteiger partial charge in [0.25, 0.3) is 12.9 Å². The Morgan fingerprint density at radius 1 is 1.08 bits per heavy atom. The lowest BCUT2D eigenvalue weighted by atomic mass is 10.0. The van der Waals surface area contributed by atoms with Gasteiger partial charge in [0.15, 0.2) is 6.23 Å². The van der Waals surface area contributed by atoms with Crippen LogP contribution in [0.3, 0.4) is 0 Å². The molecule has 0 aliphatic heterocycles. The fourth-order valence-corrected chi connectivity index (χ4v) is 1.93. The fourth-order valence-electron chi connectivity index (χ4n) is 1.93. The first-order valence-corrected chi connectivity index (χ1v) is 7.76. The molecule has 3 N–H and O–H groups in total. The lowest BCUT2D eigenvalue weighted by molar-refractivity contribution is -0.140. The second-order valence-corrected chi connectivity index (χ2v) is 5.66. The maximum Gasteiger partial charge on any atom is 0.326 e. The number of carboxylic acid groups (broad SMARTS) is 1. The van der Waals surface area contributed by atoms with Crippen molar-refractivity contribution in [2.75, 3.05) is 6.61 Å².